The van der Waals surface area contributed by atoms with Gasteiger partial charge < -0.3 is 15.4 Å². The summed E-state index contributed by atoms with van der Waals surface area (Å²) in [6, 6.07) is 5.31. The minimum atomic E-state index is -0.233. The molecular weight excluding hydrogens is 252 g/mol. The van der Waals surface area contributed by atoms with Crippen LogP contribution in [-0.2, 0) is 9.53 Å². The number of halogens is 1. The van der Waals surface area contributed by atoms with Crippen LogP contribution in [0, 0.1) is 0 Å². The fourth-order valence-corrected chi connectivity index (χ4v) is 1.98. The fourth-order valence-electron chi connectivity index (χ4n) is 1.70. The zero-order chi connectivity index (χ0) is 13.0. The van der Waals surface area contributed by atoms with E-state index in [-0.39, 0.29) is 5.91 Å². The van der Waals surface area contributed by atoms with Gasteiger partial charge in [0.15, 0.2) is 5.76 Å². The van der Waals surface area contributed by atoms with Crippen LogP contribution >= 0.6 is 11.6 Å². The molecule has 2 rings (SSSR count). The fraction of sp³-hybridized carbons (Fsp3) is 0.308. The van der Waals surface area contributed by atoms with E-state index in [2.05, 4.69) is 10.6 Å². The van der Waals surface area contributed by atoms with E-state index >= 15 is 0 Å². The first-order valence-electron chi connectivity index (χ1n) is 5.82. The topological polar surface area (TPSA) is 50.4 Å². The highest BCUT2D eigenvalue weighted by Crippen LogP contribution is 2.25. The summed E-state index contributed by atoms with van der Waals surface area (Å²) in [6.07, 6.45) is 3.64. The number of carbonyl (C=O) groups is 1. The van der Waals surface area contributed by atoms with Crippen LogP contribution in [0.15, 0.2) is 30.0 Å². The maximum absolute atomic E-state index is 11.9. The molecular formula is C13H15ClN2O2. The highest BCUT2D eigenvalue weighted by atomic mass is 35.5. The van der Waals surface area contributed by atoms with Crippen LogP contribution in [0.25, 0.3) is 0 Å². The van der Waals surface area contributed by atoms with Crippen molar-refractivity contribution >= 4 is 28.9 Å². The predicted molar refractivity (Wildman–Crippen MR) is 72.9 cm³/mol. The van der Waals surface area contributed by atoms with Crippen molar-refractivity contribution in [1.82, 2.24) is 0 Å². The summed E-state index contributed by atoms with van der Waals surface area (Å²) in [6.45, 7) is 0.596. The van der Waals surface area contributed by atoms with E-state index in [0.717, 1.165) is 18.5 Å². The molecule has 1 aromatic rings. The molecule has 0 spiro atoms. The third-order valence-corrected chi connectivity index (χ3v) is 2.97. The molecule has 0 bridgehead atoms. The minimum Gasteiger partial charge on any atom is -0.488 e. The molecule has 1 aromatic carbocycles. The molecule has 1 amide bonds. The summed E-state index contributed by atoms with van der Waals surface area (Å²) in [5.74, 6) is 0.151. The number of hydrogen-bond acceptors (Lipinski definition) is 3. The van der Waals surface area contributed by atoms with Gasteiger partial charge in [-0.1, -0.05) is 11.6 Å². The predicted octanol–water partition coefficient (Wildman–Crippen LogP) is 3.01. The summed E-state index contributed by atoms with van der Waals surface area (Å²) >= 11 is 6.04. The number of anilines is 2. The molecule has 18 heavy (non-hydrogen) atoms. The van der Waals surface area contributed by atoms with Crippen molar-refractivity contribution in [3.63, 3.8) is 0 Å². The van der Waals surface area contributed by atoms with E-state index in [1.807, 2.05) is 12.1 Å². The highest BCUT2D eigenvalue weighted by molar-refractivity contribution is 6.33. The van der Waals surface area contributed by atoms with Gasteiger partial charge in [-0.25, -0.2) is 0 Å². The lowest BCUT2D eigenvalue weighted by Gasteiger charge is -2.15. The Morgan fingerprint density at radius 1 is 1.44 bits per heavy atom. The molecule has 4 nitrogen and oxygen atoms in total. The Kier molecular flexibility index (Phi) is 4.10. The molecule has 0 aromatic heterocycles. The van der Waals surface area contributed by atoms with Crippen LogP contribution < -0.4 is 10.6 Å². The summed E-state index contributed by atoms with van der Waals surface area (Å²) in [4.78, 5) is 11.9. The Bertz CT molecular complexity index is 486. The first-order valence-corrected chi connectivity index (χ1v) is 6.20. The SMILES string of the molecule is CNc1ccc(NC(=O)C2=CCCCO2)cc1Cl. The average Bonchev–Trinajstić information content (AvgIpc) is 2.40. The van der Waals surface area contributed by atoms with Crippen molar-refractivity contribution in [2.45, 2.75) is 12.8 Å². The summed E-state index contributed by atoms with van der Waals surface area (Å²) < 4.78 is 5.29. The third-order valence-electron chi connectivity index (χ3n) is 2.66. The van der Waals surface area contributed by atoms with Gasteiger partial charge in [-0.2, -0.15) is 0 Å². The second kappa shape index (κ2) is 5.78. The van der Waals surface area contributed by atoms with Crippen molar-refractivity contribution in [2.75, 3.05) is 24.3 Å². The molecule has 0 atom stereocenters. The van der Waals surface area contributed by atoms with E-state index in [1.54, 1.807) is 19.2 Å². The Labute approximate surface area is 111 Å². The van der Waals surface area contributed by atoms with Crippen molar-refractivity contribution in [2.24, 2.45) is 0 Å². The summed E-state index contributed by atoms with van der Waals surface area (Å²) in [7, 11) is 1.79. The van der Waals surface area contributed by atoms with Crippen LogP contribution in [-0.4, -0.2) is 19.6 Å². The monoisotopic (exact) mass is 266 g/mol. The van der Waals surface area contributed by atoms with Gasteiger partial charge >= 0.3 is 0 Å². The lowest BCUT2D eigenvalue weighted by Crippen LogP contribution is -2.18. The van der Waals surface area contributed by atoms with Crippen molar-refractivity contribution in [3.8, 4) is 0 Å². The second-order valence-electron chi connectivity index (χ2n) is 3.96. The zero-order valence-electron chi connectivity index (χ0n) is 10.1. The van der Waals surface area contributed by atoms with Gasteiger partial charge in [-0.05, 0) is 37.1 Å². The molecule has 0 radical (unpaired) electrons. The Balaban J connectivity index is 2.07. The molecule has 0 unspecified atom stereocenters. The largest absolute Gasteiger partial charge is 0.488 e. The maximum Gasteiger partial charge on any atom is 0.290 e. The summed E-state index contributed by atoms with van der Waals surface area (Å²) in [5.41, 5.74) is 1.47. The standard InChI is InChI=1S/C13H15ClN2O2/c1-15-11-6-5-9(8-10(11)14)16-13(17)12-4-2-3-7-18-12/h4-6,8,15H,2-3,7H2,1H3,(H,16,17). The first kappa shape index (κ1) is 12.8. The van der Waals surface area contributed by atoms with Crippen molar-refractivity contribution in [3.05, 3.63) is 35.1 Å². The molecule has 2 N–H and O–H groups in total. The minimum absolute atomic E-state index is 0.233. The van der Waals surface area contributed by atoms with Gasteiger partial charge in [0, 0.05) is 12.7 Å². The zero-order valence-corrected chi connectivity index (χ0v) is 10.9. The highest BCUT2D eigenvalue weighted by Gasteiger charge is 2.14. The first-order chi connectivity index (χ1) is 8.70. The molecule has 0 saturated heterocycles. The Hall–Kier alpha value is -1.68. The lowest BCUT2D eigenvalue weighted by atomic mass is 10.2. The van der Waals surface area contributed by atoms with Crippen LogP contribution in [0.1, 0.15) is 12.8 Å². The molecule has 0 fully saturated rings. The van der Waals surface area contributed by atoms with Gasteiger partial charge in [0.05, 0.1) is 17.3 Å². The number of hydrogen-bond donors (Lipinski definition) is 2. The van der Waals surface area contributed by atoms with Crippen LogP contribution in [0.5, 0.6) is 0 Å². The Morgan fingerprint density at radius 3 is 2.89 bits per heavy atom. The quantitative estimate of drug-likeness (QED) is 0.884. The van der Waals surface area contributed by atoms with Crippen molar-refractivity contribution in [1.29, 1.82) is 0 Å². The second-order valence-corrected chi connectivity index (χ2v) is 4.37. The maximum atomic E-state index is 11.9. The van der Waals surface area contributed by atoms with Crippen LogP contribution in [0.4, 0.5) is 11.4 Å². The van der Waals surface area contributed by atoms with Gasteiger partial charge in [-0.15, -0.1) is 0 Å². The molecule has 96 valence electrons. The van der Waals surface area contributed by atoms with Gasteiger partial charge in [-0.3, -0.25) is 4.79 Å². The molecule has 0 aliphatic carbocycles. The summed E-state index contributed by atoms with van der Waals surface area (Å²) in [5, 5.41) is 6.28. The molecule has 1 aliphatic rings. The molecule has 5 heteroatoms. The van der Waals surface area contributed by atoms with Gasteiger partial charge in [0.1, 0.15) is 0 Å². The van der Waals surface area contributed by atoms with E-state index in [4.69, 9.17) is 16.3 Å². The molecule has 1 heterocycles. The van der Waals surface area contributed by atoms with Gasteiger partial charge in [0.2, 0.25) is 0 Å². The number of ether oxygens (including phenoxy) is 1. The van der Waals surface area contributed by atoms with Crippen LogP contribution in [0.3, 0.4) is 0 Å². The van der Waals surface area contributed by atoms with Crippen molar-refractivity contribution < 1.29 is 9.53 Å². The molecule has 1 aliphatic heterocycles. The molecule has 0 saturated carbocycles. The third kappa shape index (κ3) is 2.96. The number of amides is 1. The average molecular weight is 267 g/mol. The number of rotatable bonds is 3. The lowest BCUT2D eigenvalue weighted by molar-refractivity contribution is -0.116. The van der Waals surface area contributed by atoms with E-state index in [1.165, 1.54) is 0 Å². The van der Waals surface area contributed by atoms with E-state index < -0.39 is 0 Å². The Morgan fingerprint density at radius 2 is 2.28 bits per heavy atom. The van der Waals surface area contributed by atoms with Crippen LogP contribution in [0.2, 0.25) is 5.02 Å². The smallest absolute Gasteiger partial charge is 0.290 e. The number of carbonyl (C=O) groups excluding carboxylic acids is 1. The number of allylic oxidation sites excluding steroid dienone is 1. The number of nitrogens with one attached hydrogen (secondary N) is 2. The normalized spacial score (nSPS) is 14.4. The van der Waals surface area contributed by atoms with Gasteiger partial charge in [0.25, 0.3) is 5.91 Å². The number of benzene rings is 1. The van der Waals surface area contributed by atoms with E-state index in [0.29, 0.717) is 23.1 Å². The van der Waals surface area contributed by atoms with E-state index in [9.17, 15) is 4.79 Å².